The minimum Gasteiger partial charge on any atom is -0.485 e. The number of rotatable bonds is 11. The van der Waals surface area contributed by atoms with Crippen LogP contribution in [0, 0.1) is 0 Å². The fraction of sp³-hybridized carbons (Fsp3) is 0.136. The zero-order chi connectivity index (χ0) is 34.2. The van der Waals surface area contributed by atoms with Gasteiger partial charge in [-0.1, -0.05) is 97.1 Å². The van der Waals surface area contributed by atoms with Crippen LogP contribution in [0.4, 0.5) is 11.4 Å². The van der Waals surface area contributed by atoms with Gasteiger partial charge in [0.25, 0.3) is 0 Å². The number of aromatic nitrogens is 3. The Labute approximate surface area is 299 Å². The Bertz CT molecular complexity index is 2160. The first-order chi connectivity index (χ1) is 25.3. The number of pyridine rings is 1. The minimum atomic E-state index is 0.420. The van der Waals surface area contributed by atoms with Crippen molar-refractivity contribution in [2.45, 2.75) is 13.2 Å². The highest BCUT2D eigenvalue weighted by atomic mass is 16.5. The van der Waals surface area contributed by atoms with Crippen LogP contribution < -0.4 is 19.3 Å². The van der Waals surface area contributed by atoms with Crippen molar-refractivity contribution in [2.75, 3.05) is 36.0 Å². The number of hydrogen-bond donors (Lipinski definition) is 0. The maximum absolute atomic E-state index is 6.45. The number of piperazine rings is 1. The fourth-order valence-electron chi connectivity index (χ4n) is 6.48. The van der Waals surface area contributed by atoms with E-state index in [-0.39, 0.29) is 0 Å². The number of anilines is 2. The molecule has 7 nitrogen and oxygen atoms in total. The molecule has 7 aromatic rings. The van der Waals surface area contributed by atoms with Crippen LogP contribution in [0.15, 0.2) is 164 Å². The van der Waals surface area contributed by atoms with Crippen LogP contribution in [-0.2, 0) is 13.2 Å². The second kappa shape index (κ2) is 15.0. The van der Waals surface area contributed by atoms with E-state index >= 15 is 0 Å². The Morgan fingerprint density at radius 2 is 1.10 bits per heavy atom. The summed E-state index contributed by atoms with van der Waals surface area (Å²) in [6.45, 7) is 4.73. The fourth-order valence-corrected chi connectivity index (χ4v) is 6.48. The van der Waals surface area contributed by atoms with Crippen LogP contribution in [0.2, 0.25) is 0 Å². The highest BCUT2D eigenvalue weighted by molar-refractivity contribution is 5.74. The molecule has 0 aliphatic carbocycles. The van der Waals surface area contributed by atoms with Crippen molar-refractivity contribution >= 4 is 11.4 Å². The van der Waals surface area contributed by atoms with Crippen molar-refractivity contribution in [1.29, 1.82) is 0 Å². The summed E-state index contributed by atoms with van der Waals surface area (Å²) in [5, 5.41) is 5.14. The lowest BCUT2D eigenvalue weighted by Crippen LogP contribution is -2.46. The summed E-state index contributed by atoms with van der Waals surface area (Å²) in [5.74, 6) is 2.09. The van der Waals surface area contributed by atoms with Gasteiger partial charge in [-0.05, 0) is 71.8 Å². The zero-order valence-corrected chi connectivity index (χ0v) is 28.4. The molecule has 0 N–H and O–H groups in total. The molecule has 0 spiro atoms. The maximum Gasteiger partial charge on any atom is 0.162 e. The molecule has 0 bridgehead atoms. The SMILES string of the molecule is c1ccc(COc2ccc(-c3cc(-c4cccc(N5CCN(c6ccccc6)CC5)c4)nn3-c3ccccn3)cc2OCc2ccccc2)cc1. The van der Waals surface area contributed by atoms with Crippen molar-refractivity contribution in [3.05, 3.63) is 175 Å². The summed E-state index contributed by atoms with van der Waals surface area (Å²) in [5.41, 5.74) is 8.43. The van der Waals surface area contributed by atoms with E-state index in [1.807, 2.05) is 71.4 Å². The number of para-hydroxylation sites is 1. The standard InChI is InChI=1S/C44H39N5O2/c1-4-13-34(14-5-1)32-50-42-23-22-37(30-43(42)51-33-35-15-6-2-7-16-35)41-31-40(46-49(41)44-21-10-11-24-45-44)36-17-12-20-39(29-36)48-27-25-47(26-28-48)38-18-8-3-9-19-38/h1-24,29-31H,25-28,32-33H2. The molecule has 1 aliphatic heterocycles. The van der Waals surface area contributed by atoms with Crippen molar-refractivity contribution in [2.24, 2.45) is 0 Å². The van der Waals surface area contributed by atoms with Gasteiger partial charge in [0.15, 0.2) is 17.3 Å². The maximum atomic E-state index is 6.45. The first-order valence-electron chi connectivity index (χ1n) is 17.4. The lowest BCUT2D eigenvalue weighted by molar-refractivity contribution is 0.256. The number of nitrogens with zero attached hydrogens (tertiary/aromatic N) is 5. The Kier molecular flexibility index (Phi) is 9.41. The van der Waals surface area contributed by atoms with E-state index in [0.29, 0.717) is 24.7 Å². The third-order valence-electron chi connectivity index (χ3n) is 9.20. The molecule has 0 saturated carbocycles. The molecular formula is C44H39N5O2. The second-order valence-electron chi connectivity index (χ2n) is 12.6. The normalized spacial score (nSPS) is 12.9. The molecule has 3 heterocycles. The van der Waals surface area contributed by atoms with Gasteiger partial charge in [0.2, 0.25) is 0 Å². The summed E-state index contributed by atoms with van der Waals surface area (Å²) >= 11 is 0. The molecular weight excluding hydrogens is 631 g/mol. The first kappa shape index (κ1) is 31.9. The van der Waals surface area contributed by atoms with Crippen LogP contribution in [0.25, 0.3) is 28.3 Å². The monoisotopic (exact) mass is 669 g/mol. The van der Waals surface area contributed by atoms with Crippen molar-refractivity contribution in [3.63, 3.8) is 0 Å². The second-order valence-corrected chi connectivity index (χ2v) is 12.6. The van der Waals surface area contributed by atoms with Crippen LogP contribution in [-0.4, -0.2) is 40.9 Å². The van der Waals surface area contributed by atoms with E-state index in [1.165, 1.54) is 11.4 Å². The van der Waals surface area contributed by atoms with Gasteiger partial charge in [0.05, 0.1) is 11.4 Å². The number of hydrogen-bond acceptors (Lipinski definition) is 6. The van der Waals surface area contributed by atoms with Gasteiger partial charge >= 0.3 is 0 Å². The Hall–Kier alpha value is -6.34. The van der Waals surface area contributed by atoms with Gasteiger partial charge < -0.3 is 19.3 Å². The van der Waals surface area contributed by atoms with Gasteiger partial charge in [0, 0.05) is 54.9 Å². The quantitative estimate of drug-likeness (QED) is 0.137. The van der Waals surface area contributed by atoms with E-state index in [2.05, 4.69) is 106 Å². The van der Waals surface area contributed by atoms with Gasteiger partial charge in [-0.3, -0.25) is 0 Å². The van der Waals surface area contributed by atoms with Crippen LogP contribution in [0.1, 0.15) is 11.1 Å². The highest BCUT2D eigenvalue weighted by Crippen LogP contribution is 2.37. The van der Waals surface area contributed by atoms with Crippen molar-refractivity contribution in [3.8, 4) is 39.8 Å². The Morgan fingerprint density at radius 3 is 1.76 bits per heavy atom. The number of benzene rings is 5. The summed E-state index contributed by atoms with van der Waals surface area (Å²) in [4.78, 5) is 9.59. The molecule has 8 rings (SSSR count). The molecule has 0 radical (unpaired) electrons. The van der Waals surface area contributed by atoms with Crippen molar-refractivity contribution < 1.29 is 9.47 Å². The Balaban J connectivity index is 1.11. The highest BCUT2D eigenvalue weighted by Gasteiger charge is 2.20. The van der Waals surface area contributed by atoms with E-state index in [0.717, 1.165) is 65.6 Å². The van der Waals surface area contributed by atoms with E-state index in [9.17, 15) is 0 Å². The molecule has 0 atom stereocenters. The van der Waals surface area contributed by atoms with Crippen LogP contribution in [0.5, 0.6) is 11.5 Å². The lowest BCUT2D eigenvalue weighted by atomic mass is 10.1. The predicted molar refractivity (Wildman–Crippen MR) is 205 cm³/mol. The van der Waals surface area contributed by atoms with Gasteiger partial charge in [0.1, 0.15) is 13.2 Å². The number of ether oxygens (including phenoxy) is 2. The molecule has 0 unspecified atom stereocenters. The van der Waals surface area contributed by atoms with Crippen molar-refractivity contribution in [1.82, 2.24) is 14.8 Å². The third kappa shape index (κ3) is 7.48. The topological polar surface area (TPSA) is 55.7 Å². The molecule has 0 amide bonds. The summed E-state index contributed by atoms with van der Waals surface area (Å²) in [7, 11) is 0. The van der Waals surface area contributed by atoms with Gasteiger partial charge in [-0.2, -0.15) is 5.10 Å². The molecule has 51 heavy (non-hydrogen) atoms. The van der Waals surface area contributed by atoms with Crippen LogP contribution in [0.3, 0.4) is 0 Å². The third-order valence-corrected chi connectivity index (χ3v) is 9.20. The Morgan fingerprint density at radius 1 is 0.490 bits per heavy atom. The first-order valence-corrected chi connectivity index (χ1v) is 17.4. The van der Waals surface area contributed by atoms with Gasteiger partial charge in [-0.15, -0.1) is 0 Å². The summed E-state index contributed by atoms with van der Waals surface area (Å²) in [6.07, 6.45) is 1.80. The molecule has 7 heteroatoms. The minimum absolute atomic E-state index is 0.420. The predicted octanol–water partition coefficient (Wildman–Crippen LogP) is 9.09. The van der Waals surface area contributed by atoms with E-state index < -0.39 is 0 Å². The average Bonchev–Trinajstić information content (AvgIpc) is 3.67. The molecule has 2 aromatic heterocycles. The average molecular weight is 670 g/mol. The molecule has 1 fully saturated rings. The van der Waals surface area contributed by atoms with E-state index in [1.54, 1.807) is 6.20 Å². The zero-order valence-electron chi connectivity index (χ0n) is 28.4. The lowest BCUT2D eigenvalue weighted by Gasteiger charge is -2.37. The summed E-state index contributed by atoms with van der Waals surface area (Å²) < 4.78 is 14.7. The van der Waals surface area contributed by atoms with Gasteiger partial charge in [-0.25, -0.2) is 9.67 Å². The molecule has 1 saturated heterocycles. The smallest absolute Gasteiger partial charge is 0.162 e. The molecule has 252 valence electrons. The van der Waals surface area contributed by atoms with Crippen LogP contribution >= 0.6 is 0 Å². The largest absolute Gasteiger partial charge is 0.485 e. The molecule has 5 aromatic carbocycles. The molecule has 1 aliphatic rings. The summed E-state index contributed by atoms with van der Waals surface area (Å²) in [6, 6.07) is 53.9. The van der Waals surface area contributed by atoms with E-state index in [4.69, 9.17) is 14.6 Å².